The highest BCUT2D eigenvalue weighted by atomic mass is 19.1. The molecule has 3 amide bonds. The summed E-state index contributed by atoms with van der Waals surface area (Å²) in [4.78, 5) is 44.7. The second kappa shape index (κ2) is 15.4. The highest BCUT2D eigenvalue weighted by molar-refractivity contribution is 5.95. The predicted octanol–water partition coefficient (Wildman–Crippen LogP) is 4.40. The number of esters is 1. The molecule has 244 valence electrons. The Bertz CT molecular complexity index is 1370. The Kier molecular flexibility index (Phi) is 11.6. The molecule has 0 aliphatic carbocycles. The monoisotopic (exact) mass is 628 g/mol. The number of urea groups is 1. The van der Waals surface area contributed by atoms with Crippen molar-refractivity contribution < 1.29 is 37.7 Å². The standard InChI is InChI=1S/C33H42F2N4O6/c1-22-5-7-28(40)21-30(41)45-31(23(2)6-8-29(22)44-33(43)38-13-11-36(4)12-14-38)24(3)17-25-18-26(35)20-27(19-25)39-16-15-37(10-9-34)32(39)42/h6,8,17-20,22-23,28-29,31,40H,5,7,11-16,21H2,1-4H3/b8-6+,24-17+/t22-,23-,28+,29-,31-/m0/s1. The summed E-state index contributed by atoms with van der Waals surface area (Å²) >= 11 is 0. The summed E-state index contributed by atoms with van der Waals surface area (Å²) in [6.07, 6.45) is 4.58. The zero-order valence-electron chi connectivity index (χ0n) is 26.2. The van der Waals surface area contributed by atoms with Crippen LogP contribution in [0.2, 0.25) is 0 Å². The topological polar surface area (TPSA) is 103 Å². The van der Waals surface area contributed by atoms with Crippen molar-refractivity contribution in [3.8, 4) is 12.2 Å². The van der Waals surface area contributed by atoms with Gasteiger partial charge in [0, 0.05) is 44.3 Å². The van der Waals surface area contributed by atoms with Gasteiger partial charge in [-0.15, -0.1) is 4.39 Å². The van der Waals surface area contributed by atoms with E-state index in [0.717, 1.165) is 18.0 Å². The molecule has 3 aliphatic rings. The van der Waals surface area contributed by atoms with E-state index in [1.165, 1.54) is 23.2 Å². The van der Waals surface area contributed by atoms with E-state index in [0.29, 0.717) is 37.1 Å². The first-order valence-electron chi connectivity index (χ1n) is 15.3. The highest BCUT2D eigenvalue weighted by Gasteiger charge is 2.31. The van der Waals surface area contributed by atoms with Crippen molar-refractivity contribution in [1.29, 1.82) is 0 Å². The van der Waals surface area contributed by atoms with Gasteiger partial charge in [-0.1, -0.05) is 26.0 Å². The van der Waals surface area contributed by atoms with Crippen LogP contribution in [0.15, 0.2) is 35.9 Å². The second-order valence-corrected chi connectivity index (χ2v) is 12.1. The lowest BCUT2D eigenvalue weighted by atomic mass is 9.91. The van der Waals surface area contributed by atoms with Gasteiger partial charge < -0.3 is 24.4 Å². The Hall–Kier alpha value is -3.95. The van der Waals surface area contributed by atoms with Crippen LogP contribution in [-0.4, -0.2) is 103 Å². The fraction of sp³-hybridized carbons (Fsp3) is 0.545. The van der Waals surface area contributed by atoms with Crippen LogP contribution in [0.4, 0.5) is 24.1 Å². The molecule has 4 rings (SSSR count). The van der Waals surface area contributed by atoms with Crippen LogP contribution in [-0.2, 0) is 14.3 Å². The van der Waals surface area contributed by atoms with Gasteiger partial charge in [0.15, 0.2) is 0 Å². The fourth-order valence-corrected chi connectivity index (χ4v) is 5.74. The molecule has 10 nitrogen and oxygen atoms in total. The molecular weight excluding hydrogens is 586 g/mol. The zero-order valence-corrected chi connectivity index (χ0v) is 26.2. The van der Waals surface area contributed by atoms with E-state index in [4.69, 9.17) is 9.47 Å². The van der Waals surface area contributed by atoms with Crippen LogP contribution >= 0.6 is 0 Å². The maximum atomic E-state index is 14.7. The van der Waals surface area contributed by atoms with Crippen LogP contribution in [0.25, 0.3) is 6.08 Å². The van der Waals surface area contributed by atoms with E-state index in [1.54, 1.807) is 24.0 Å². The molecule has 0 spiro atoms. The van der Waals surface area contributed by atoms with Gasteiger partial charge in [0.05, 0.1) is 25.1 Å². The van der Waals surface area contributed by atoms with Crippen molar-refractivity contribution in [1.82, 2.24) is 14.7 Å². The summed E-state index contributed by atoms with van der Waals surface area (Å²) in [6, 6.07) is 5.66. The SMILES string of the molecule is C/C(=C\c1cc(F)cc(N2CCN(C#CF)C2=O)c1)[C@H]1OC(=O)C[C@H](O)CC[C@H](C)[C@@H](OC(=O)N2CCN(C)CC2)/C=C/[C@@H]1C. The van der Waals surface area contributed by atoms with Crippen molar-refractivity contribution >= 4 is 29.9 Å². The van der Waals surface area contributed by atoms with E-state index < -0.39 is 36.1 Å². The van der Waals surface area contributed by atoms with Gasteiger partial charge in [0.25, 0.3) is 0 Å². The molecule has 1 N–H and O–H groups in total. The Morgan fingerprint density at radius 1 is 1.07 bits per heavy atom. The number of nitrogens with zero attached hydrogens (tertiary/aromatic N) is 4. The predicted molar refractivity (Wildman–Crippen MR) is 165 cm³/mol. The van der Waals surface area contributed by atoms with Gasteiger partial charge in [-0.05, 0) is 68.1 Å². The maximum Gasteiger partial charge on any atom is 0.410 e. The number of ether oxygens (including phenoxy) is 2. The third-order valence-corrected chi connectivity index (χ3v) is 8.50. The third-order valence-electron chi connectivity index (χ3n) is 8.50. The first kappa shape index (κ1) is 33.9. The molecule has 12 heteroatoms. The maximum absolute atomic E-state index is 14.7. The molecular formula is C33H42F2N4O6. The Labute approximate surface area is 263 Å². The number of piperazine rings is 1. The summed E-state index contributed by atoms with van der Waals surface area (Å²) in [5.41, 5.74) is 1.31. The van der Waals surface area contributed by atoms with E-state index in [9.17, 15) is 28.3 Å². The molecule has 3 heterocycles. The van der Waals surface area contributed by atoms with Crippen LogP contribution in [0.3, 0.4) is 0 Å². The molecule has 5 atom stereocenters. The van der Waals surface area contributed by atoms with Crippen molar-refractivity contribution in [2.45, 2.75) is 58.3 Å². The largest absolute Gasteiger partial charge is 0.457 e. The molecule has 0 bridgehead atoms. The number of carbonyl (C=O) groups is 3. The highest BCUT2D eigenvalue weighted by Crippen LogP contribution is 2.28. The molecule has 1 aromatic rings. The molecule has 45 heavy (non-hydrogen) atoms. The van der Waals surface area contributed by atoms with Gasteiger partial charge in [0.2, 0.25) is 0 Å². The van der Waals surface area contributed by atoms with Gasteiger partial charge in [-0.25, -0.2) is 18.9 Å². The first-order chi connectivity index (χ1) is 21.4. The van der Waals surface area contributed by atoms with Crippen LogP contribution in [0, 0.1) is 29.9 Å². The van der Waals surface area contributed by atoms with Crippen LogP contribution in [0.1, 0.15) is 45.6 Å². The minimum absolute atomic E-state index is 0.115. The number of anilines is 1. The lowest BCUT2D eigenvalue weighted by molar-refractivity contribution is -0.151. The van der Waals surface area contributed by atoms with E-state index in [-0.39, 0.29) is 43.1 Å². The summed E-state index contributed by atoms with van der Waals surface area (Å²) in [5, 5.41) is 10.6. The van der Waals surface area contributed by atoms with Gasteiger partial charge in [0.1, 0.15) is 24.2 Å². The number of benzene rings is 1. The molecule has 0 aromatic heterocycles. The number of halogens is 2. The Morgan fingerprint density at radius 2 is 1.80 bits per heavy atom. The molecule has 3 aliphatic heterocycles. The lowest BCUT2D eigenvalue weighted by Crippen LogP contribution is -2.48. The summed E-state index contributed by atoms with van der Waals surface area (Å²) in [5.74, 6) is -1.64. The van der Waals surface area contributed by atoms with Gasteiger partial charge in [-0.3, -0.25) is 9.69 Å². The summed E-state index contributed by atoms with van der Waals surface area (Å²) in [7, 11) is 2.01. The summed E-state index contributed by atoms with van der Waals surface area (Å²) < 4.78 is 39.0. The number of carbonyl (C=O) groups excluding carboxylic acids is 3. The smallest absolute Gasteiger partial charge is 0.410 e. The summed E-state index contributed by atoms with van der Waals surface area (Å²) in [6.45, 7) is 8.63. The van der Waals surface area contributed by atoms with Crippen molar-refractivity contribution in [3.63, 3.8) is 0 Å². The molecule has 0 saturated carbocycles. The number of likely N-dealkylation sites (N-methyl/N-ethyl adjacent to an activating group) is 1. The zero-order chi connectivity index (χ0) is 32.7. The van der Waals surface area contributed by atoms with Crippen molar-refractivity contribution in [2.75, 3.05) is 51.2 Å². The minimum Gasteiger partial charge on any atom is -0.457 e. The Morgan fingerprint density at radius 3 is 2.51 bits per heavy atom. The normalized spacial score (nSPS) is 28.0. The van der Waals surface area contributed by atoms with Crippen molar-refractivity contribution in [2.24, 2.45) is 11.8 Å². The number of amides is 3. The Balaban J connectivity index is 1.58. The van der Waals surface area contributed by atoms with E-state index in [1.807, 2.05) is 33.0 Å². The molecule has 2 fully saturated rings. The third kappa shape index (κ3) is 9.05. The van der Waals surface area contributed by atoms with Gasteiger partial charge >= 0.3 is 18.1 Å². The van der Waals surface area contributed by atoms with Crippen LogP contribution < -0.4 is 4.90 Å². The minimum atomic E-state index is -0.928. The average Bonchev–Trinajstić information content (AvgIpc) is 3.35. The number of rotatable bonds is 4. The van der Waals surface area contributed by atoms with E-state index in [2.05, 4.69) is 10.9 Å². The van der Waals surface area contributed by atoms with Crippen molar-refractivity contribution in [3.05, 3.63) is 47.3 Å². The molecule has 1 aromatic carbocycles. The van der Waals surface area contributed by atoms with Gasteiger partial charge in [-0.2, -0.15) is 0 Å². The number of hydrogen-bond acceptors (Lipinski definition) is 7. The lowest BCUT2D eigenvalue weighted by Gasteiger charge is -2.33. The van der Waals surface area contributed by atoms with Crippen LogP contribution in [0.5, 0.6) is 0 Å². The number of aliphatic hydroxyl groups excluding tert-OH is 1. The second-order valence-electron chi connectivity index (χ2n) is 12.1. The van der Waals surface area contributed by atoms with E-state index >= 15 is 0 Å². The average molecular weight is 629 g/mol. The first-order valence-corrected chi connectivity index (χ1v) is 15.3. The molecule has 0 radical (unpaired) electrons. The number of aliphatic hydroxyl groups is 1. The number of hydrogen-bond donors (Lipinski definition) is 1. The molecule has 0 unspecified atom stereocenters. The molecule has 2 saturated heterocycles. The number of cyclic esters (lactones) is 1. The quantitative estimate of drug-likeness (QED) is 0.300. The fourth-order valence-electron chi connectivity index (χ4n) is 5.74.